The lowest BCUT2D eigenvalue weighted by Gasteiger charge is -2.23. The zero-order valence-electron chi connectivity index (χ0n) is 13.4. The van der Waals surface area contributed by atoms with Crippen molar-refractivity contribution in [1.82, 2.24) is 10.2 Å². The summed E-state index contributed by atoms with van der Waals surface area (Å²) in [5.41, 5.74) is 0.514. The highest BCUT2D eigenvalue weighted by atomic mass is 35.5. The quantitative estimate of drug-likeness (QED) is 0.917. The summed E-state index contributed by atoms with van der Waals surface area (Å²) < 4.78 is 11.2. The van der Waals surface area contributed by atoms with Crippen molar-refractivity contribution in [2.75, 3.05) is 32.8 Å². The summed E-state index contributed by atoms with van der Waals surface area (Å²) in [7, 11) is 0. The summed E-state index contributed by atoms with van der Waals surface area (Å²) in [5, 5.41) is 3.44. The number of benzene rings is 1. The molecule has 23 heavy (non-hydrogen) atoms. The third kappa shape index (κ3) is 3.72. The number of fused-ring (bicyclic) bond motifs is 1. The number of rotatable bonds is 4. The Morgan fingerprint density at radius 2 is 2.17 bits per heavy atom. The van der Waals surface area contributed by atoms with Gasteiger partial charge in [-0.3, -0.25) is 9.69 Å². The van der Waals surface area contributed by atoms with E-state index < -0.39 is 0 Å². The summed E-state index contributed by atoms with van der Waals surface area (Å²) >= 11 is 6.24. The minimum absolute atomic E-state index is 0.120. The van der Waals surface area contributed by atoms with Gasteiger partial charge in [-0.25, -0.2) is 0 Å². The standard InChI is InChI=1S/C17H23ClN2O3/c1-2-20-6-3-5-13(20)11-19-17(21)12-9-14(18)16-15(10-12)22-7-4-8-23-16/h9-10,13H,2-8,11H2,1H3,(H,19,21). The van der Waals surface area contributed by atoms with E-state index in [1.54, 1.807) is 12.1 Å². The molecule has 0 saturated carbocycles. The summed E-state index contributed by atoms with van der Waals surface area (Å²) in [6, 6.07) is 3.80. The molecule has 1 amide bonds. The van der Waals surface area contributed by atoms with E-state index in [2.05, 4.69) is 17.1 Å². The molecule has 0 bridgehead atoms. The van der Waals surface area contributed by atoms with Gasteiger partial charge in [-0.1, -0.05) is 18.5 Å². The molecule has 0 aromatic heterocycles. The number of hydrogen-bond acceptors (Lipinski definition) is 4. The molecule has 3 rings (SSSR count). The Balaban J connectivity index is 1.67. The molecular weight excluding hydrogens is 316 g/mol. The first-order chi connectivity index (χ1) is 11.2. The lowest BCUT2D eigenvalue weighted by atomic mass is 10.1. The Morgan fingerprint density at radius 1 is 1.35 bits per heavy atom. The van der Waals surface area contributed by atoms with Crippen molar-refractivity contribution in [3.8, 4) is 11.5 Å². The molecule has 2 aliphatic rings. The fraction of sp³-hybridized carbons (Fsp3) is 0.588. The first-order valence-electron chi connectivity index (χ1n) is 8.30. The van der Waals surface area contributed by atoms with Crippen LogP contribution in [0.5, 0.6) is 11.5 Å². The van der Waals surface area contributed by atoms with E-state index in [-0.39, 0.29) is 5.91 Å². The second-order valence-corrected chi connectivity index (χ2v) is 6.38. The highest BCUT2D eigenvalue weighted by Crippen LogP contribution is 2.37. The zero-order chi connectivity index (χ0) is 16.2. The van der Waals surface area contributed by atoms with Crippen LogP contribution in [-0.2, 0) is 0 Å². The number of likely N-dealkylation sites (N-methyl/N-ethyl adjacent to an activating group) is 1. The lowest BCUT2D eigenvalue weighted by molar-refractivity contribution is 0.0941. The fourth-order valence-corrected chi connectivity index (χ4v) is 3.48. The molecule has 1 N–H and O–H groups in total. The van der Waals surface area contributed by atoms with E-state index in [1.165, 1.54) is 6.42 Å². The molecule has 2 aliphatic heterocycles. The highest BCUT2D eigenvalue weighted by molar-refractivity contribution is 6.32. The smallest absolute Gasteiger partial charge is 0.251 e. The molecule has 5 nitrogen and oxygen atoms in total. The van der Waals surface area contributed by atoms with Gasteiger partial charge >= 0.3 is 0 Å². The van der Waals surface area contributed by atoms with Crippen LogP contribution < -0.4 is 14.8 Å². The summed E-state index contributed by atoms with van der Waals surface area (Å²) in [6.45, 7) is 6.11. The number of amides is 1. The molecule has 2 heterocycles. The number of ether oxygens (including phenoxy) is 2. The number of nitrogens with one attached hydrogen (secondary N) is 1. The molecule has 0 radical (unpaired) electrons. The maximum absolute atomic E-state index is 12.4. The topological polar surface area (TPSA) is 50.8 Å². The van der Waals surface area contributed by atoms with E-state index in [9.17, 15) is 4.79 Å². The van der Waals surface area contributed by atoms with Crippen molar-refractivity contribution >= 4 is 17.5 Å². The molecule has 1 fully saturated rings. The molecule has 1 aromatic carbocycles. The second kappa shape index (κ2) is 7.41. The average molecular weight is 339 g/mol. The Hall–Kier alpha value is -1.46. The molecule has 1 aromatic rings. The van der Waals surface area contributed by atoms with Crippen molar-refractivity contribution < 1.29 is 14.3 Å². The van der Waals surface area contributed by atoms with Gasteiger partial charge in [0, 0.05) is 24.6 Å². The average Bonchev–Trinajstić information content (AvgIpc) is 2.87. The maximum Gasteiger partial charge on any atom is 0.251 e. The lowest BCUT2D eigenvalue weighted by Crippen LogP contribution is -2.40. The molecule has 6 heteroatoms. The van der Waals surface area contributed by atoms with Crippen LogP contribution in [0.2, 0.25) is 5.02 Å². The van der Waals surface area contributed by atoms with Crippen molar-refractivity contribution in [3.05, 3.63) is 22.7 Å². The van der Waals surface area contributed by atoms with Crippen LogP contribution in [0.4, 0.5) is 0 Å². The predicted molar refractivity (Wildman–Crippen MR) is 89.7 cm³/mol. The van der Waals surface area contributed by atoms with Gasteiger partial charge in [-0.05, 0) is 38.1 Å². The Morgan fingerprint density at radius 3 is 3.00 bits per heavy atom. The SMILES string of the molecule is CCN1CCCC1CNC(=O)c1cc(Cl)c2c(c1)OCCCO2. The van der Waals surface area contributed by atoms with Crippen molar-refractivity contribution in [2.24, 2.45) is 0 Å². The van der Waals surface area contributed by atoms with Crippen LogP contribution in [0.15, 0.2) is 12.1 Å². The van der Waals surface area contributed by atoms with Gasteiger partial charge in [0.2, 0.25) is 0 Å². The molecule has 1 unspecified atom stereocenters. The number of carbonyl (C=O) groups is 1. The maximum atomic E-state index is 12.4. The van der Waals surface area contributed by atoms with Crippen molar-refractivity contribution in [3.63, 3.8) is 0 Å². The molecule has 0 spiro atoms. The molecule has 1 saturated heterocycles. The second-order valence-electron chi connectivity index (χ2n) is 5.97. The molecule has 0 aliphatic carbocycles. The fourth-order valence-electron chi connectivity index (χ4n) is 3.22. The van der Waals surface area contributed by atoms with Crippen LogP contribution in [0, 0.1) is 0 Å². The number of carbonyl (C=O) groups excluding carboxylic acids is 1. The van der Waals surface area contributed by atoms with E-state index >= 15 is 0 Å². The molecule has 126 valence electrons. The van der Waals surface area contributed by atoms with Gasteiger partial charge in [-0.15, -0.1) is 0 Å². The largest absolute Gasteiger partial charge is 0.489 e. The number of halogens is 1. The number of hydrogen-bond donors (Lipinski definition) is 1. The van der Waals surface area contributed by atoms with E-state index in [1.807, 2.05) is 0 Å². The van der Waals surface area contributed by atoms with Crippen molar-refractivity contribution in [2.45, 2.75) is 32.2 Å². The first-order valence-corrected chi connectivity index (χ1v) is 8.68. The van der Waals surface area contributed by atoms with Gasteiger partial charge in [0.1, 0.15) is 0 Å². The Kier molecular flexibility index (Phi) is 5.28. The van der Waals surface area contributed by atoms with Crippen LogP contribution in [0.25, 0.3) is 0 Å². The van der Waals surface area contributed by atoms with Crippen LogP contribution in [0.3, 0.4) is 0 Å². The minimum atomic E-state index is -0.120. The zero-order valence-corrected chi connectivity index (χ0v) is 14.2. The van der Waals surface area contributed by atoms with Gasteiger partial charge in [0.15, 0.2) is 11.5 Å². The third-order valence-corrected chi connectivity index (χ3v) is 4.75. The van der Waals surface area contributed by atoms with Crippen LogP contribution >= 0.6 is 11.6 Å². The third-order valence-electron chi connectivity index (χ3n) is 4.47. The monoisotopic (exact) mass is 338 g/mol. The van der Waals surface area contributed by atoms with Crippen LogP contribution in [-0.4, -0.2) is 49.7 Å². The number of nitrogens with zero attached hydrogens (tertiary/aromatic N) is 1. The van der Waals surface area contributed by atoms with Gasteiger partial charge < -0.3 is 14.8 Å². The van der Waals surface area contributed by atoms with Gasteiger partial charge in [0.25, 0.3) is 5.91 Å². The normalized spacial score (nSPS) is 21.0. The van der Waals surface area contributed by atoms with Gasteiger partial charge in [0.05, 0.1) is 18.2 Å². The summed E-state index contributed by atoms with van der Waals surface area (Å²) in [6.07, 6.45) is 3.14. The van der Waals surface area contributed by atoms with Crippen LogP contribution in [0.1, 0.15) is 36.5 Å². The highest BCUT2D eigenvalue weighted by Gasteiger charge is 2.24. The van der Waals surface area contributed by atoms with E-state index in [0.717, 1.165) is 25.9 Å². The first kappa shape index (κ1) is 16.4. The van der Waals surface area contributed by atoms with E-state index in [4.69, 9.17) is 21.1 Å². The van der Waals surface area contributed by atoms with Crippen molar-refractivity contribution in [1.29, 1.82) is 0 Å². The number of likely N-dealkylation sites (tertiary alicyclic amines) is 1. The molecular formula is C17H23ClN2O3. The van der Waals surface area contributed by atoms with E-state index in [0.29, 0.717) is 47.9 Å². The summed E-state index contributed by atoms with van der Waals surface area (Å²) in [5.74, 6) is 0.968. The molecule has 1 atom stereocenters. The summed E-state index contributed by atoms with van der Waals surface area (Å²) in [4.78, 5) is 14.8. The predicted octanol–water partition coefficient (Wildman–Crippen LogP) is 2.72. The minimum Gasteiger partial charge on any atom is -0.489 e. The Bertz CT molecular complexity index is 579. The van der Waals surface area contributed by atoms with Gasteiger partial charge in [-0.2, -0.15) is 0 Å². The Labute approximate surface area is 141 Å².